The lowest BCUT2D eigenvalue weighted by Crippen LogP contribution is -2.34. The Morgan fingerprint density at radius 2 is 2.23 bits per heavy atom. The largest absolute Gasteiger partial charge is 0.444 e. The van der Waals surface area contributed by atoms with E-state index in [4.69, 9.17) is 4.74 Å². The zero-order valence-corrected chi connectivity index (χ0v) is 16.2. The maximum absolute atomic E-state index is 11.7. The molecule has 0 aromatic heterocycles. The minimum atomic E-state index is -0.506. The van der Waals surface area contributed by atoms with Gasteiger partial charge in [0.1, 0.15) is 5.60 Å². The number of alkyl carbamates (subject to hydrolysis) is 1. The van der Waals surface area contributed by atoms with Crippen LogP contribution in [-0.2, 0) is 4.74 Å². The lowest BCUT2D eigenvalue weighted by Gasteiger charge is -2.27. The number of carbonyl (C=O) groups is 1. The standard InChI is InChI=1S/C20H31N3O3/c1-6-16(15-24)14-23(12-11-21-5)18-9-7-17(8-10-18)13-22-19(25)26-20(2,3)4/h6-9,11-12,14,18,21,24H,1,10,13,15H2,2-5H3,(H,22,25)/b12-11-,16-14+. The number of nitrogens with zero attached hydrogens (tertiary/aromatic N) is 1. The van der Waals surface area contributed by atoms with E-state index in [-0.39, 0.29) is 12.6 Å². The van der Waals surface area contributed by atoms with Gasteiger partial charge in [0.25, 0.3) is 0 Å². The van der Waals surface area contributed by atoms with Crippen molar-refractivity contribution in [2.24, 2.45) is 0 Å². The molecule has 6 nitrogen and oxygen atoms in total. The van der Waals surface area contributed by atoms with Crippen LogP contribution in [-0.4, -0.2) is 47.9 Å². The van der Waals surface area contributed by atoms with Gasteiger partial charge in [-0.05, 0) is 38.3 Å². The molecule has 0 bridgehead atoms. The van der Waals surface area contributed by atoms with Gasteiger partial charge < -0.3 is 25.4 Å². The zero-order valence-electron chi connectivity index (χ0n) is 16.2. The highest BCUT2D eigenvalue weighted by Crippen LogP contribution is 2.18. The second kappa shape index (κ2) is 10.5. The van der Waals surface area contributed by atoms with E-state index in [1.54, 1.807) is 6.08 Å². The normalized spacial score (nSPS) is 17.7. The molecule has 0 spiro atoms. The quantitative estimate of drug-likeness (QED) is 0.580. The van der Waals surface area contributed by atoms with E-state index in [0.29, 0.717) is 6.54 Å². The van der Waals surface area contributed by atoms with Gasteiger partial charge in [0, 0.05) is 32.2 Å². The molecule has 0 aromatic carbocycles. The number of rotatable bonds is 8. The van der Waals surface area contributed by atoms with Crippen LogP contribution < -0.4 is 10.6 Å². The topological polar surface area (TPSA) is 73.8 Å². The van der Waals surface area contributed by atoms with Gasteiger partial charge in [-0.2, -0.15) is 0 Å². The molecule has 0 saturated carbocycles. The molecule has 1 aliphatic rings. The van der Waals surface area contributed by atoms with Crippen LogP contribution in [0.4, 0.5) is 4.79 Å². The van der Waals surface area contributed by atoms with Crippen molar-refractivity contribution in [1.29, 1.82) is 0 Å². The summed E-state index contributed by atoms with van der Waals surface area (Å²) in [5, 5.41) is 15.1. The van der Waals surface area contributed by atoms with Crippen molar-refractivity contribution in [1.82, 2.24) is 15.5 Å². The summed E-state index contributed by atoms with van der Waals surface area (Å²) in [4.78, 5) is 13.7. The lowest BCUT2D eigenvalue weighted by atomic mass is 10.0. The predicted octanol–water partition coefficient (Wildman–Crippen LogP) is 2.82. The highest BCUT2D eigenvalue weighted by molar-refractivity contribution is 5.68. The third kappa shape index (κ3) is 8.07. The zero-order chi connectivity index (χ0) is 19.6. The van der Waals surface area contributed by atoms with E-state index in [2.05, 4.69) is 29.4 Å². The Labute approximate surface area is 156 Å². The van der Waals surface area contributed by atoms with E-state index in [1.807, 2.05) is 57.4 Å². The van der Waals surface area contributed by atoms with Crippen molar-refractivity contribution in [3.05, 3.63) is 60.6 Å². The maximum atomic E-state index is 11.7. The molecule has 1 amide bonds. The first kappa shape index (κ1) is 21.6. The van der Waals surface area contributed by atoms with Gasteiger partial charge in [-0.3, -0.25) is 0 Å². The minimum absolute atomic E-state index is 0.0648. The fraction of sp³-hybridized carbons (Fsp3) is 0.450. The molecular formula is C20H31N3O3. The van der Waals surface area contributed by atoms with Crippen LogP contribution in [0, 0.1) is 0 Å². The fourth-order valence-electron chi connectivity index (χ4n) is 2.25. The minimum Gasteiger partial charge on any atom is -0.444 e. The van der Waals surface area contributed by atoms with E-state index < -0.39 is 11.7 Å². The Morgan fingerprint density at radius 1 is 1.50 bits per heavy atom. The highest BCUT2D eigenvalue weighted by atomic mass is 16.6. The summed E-state index contributed by atoms with van der Waals surface area (Å²) < 4.78 is 5.23. The van der Waals surface area contributed by atoms with Crippen LogP contribution in [0.5, 0.6) is 0 Å². The van der Waals surface area contributed by atoms with Crippen molar-refractivity contribution in [3.8, 4) is 0 Å². The summed E-state index contributed by atoms with van der Waals surface area (Å²) in [6.07, 6.45) is 13.7. The van der Waals surface area contributed by atoms with E-state index in [0.717, 1.165) is 17.6 Å². The number of carbonyl (C=O) groups excluding carboxylic acids is 1. The molecule has 0 aliphatic heterocycles. The van der Waals surface area contributed by atoms with E-state index >= 15 is 0 Å². The highest BCUT2D eigenvalue weighted by Gasteiger charge is 2.17. The van der Waals surface area contributed by atoms with Crippen molar-refractivity contribution >= 4 is 6.09 Å². The maximum Gasteiger partial charge on any atom is 0.407 e. The first-order valence-corrected chi connectivity index (χ1v) is 8.68. The molecule has 3 N–H and O–H groups in total. The molecule has 6 heteroatoms. The summed E-state index contributed by atoms with van der Waals surface area (Å²) in [5.74, 6) is 0. The van der Waals surface area contributed by atoms with Gasteiger partial charge in [0.2, 0.25) is 0 Å². The summed E-state index contributed by atoms with van der Waals surface area (Å²) in [5.41, 5.74) is 1.26. The van der Waals surface area contributed by atoms with Crippen molar-refractivity contribution < 1.29 is 14.6 Å². The van der Waals surface area contributed by atoms with Gasteiger partial charge in [-0.15, -0.1) is 0 Å². The van der Waals surface area contributed by atoms with Crippen molar-refractivity contribution in [2.45, 2.75) is 38.8 Å². The molecule has 1 rings (SSSR count). The van der Waals surface area contributed by atoms with Crippen LogP contribution in [0.25, 0.3) is 0 Å². The predicted molar refractivity (Wildman–Crippen MR) is 105 cm³/mol. The molecule has 0 fully saturated rings. The summed E-state index contributed by atoms with van der Waals surface area (Å²) in [6, 6.07) is 0.117. The van der Waals surface area contributed by atoms with E-state index in [1.165, 1.54) is 0 Å². The molecule has 1 atom stereocenters. The number of aliphatic hydroxyl groups excluding tert-OH is 1. The molecular weight excluding hydrogens is 330 g/mol. The molecule has 0 saturated heterocycles. The van der Waals surface area contributed by atoms with Crippen LogP contribution in [0.1, 0.15) is 27.2 Å². The number of aliphatic hydroxyl groups is 1. The SMILES string of the molecule is C=C/C(=C\N(/C=C\NC)C1C=CC(CNC(=O)OC(C)(C)C)=CC1)CO. The summed E-state index contributed by atoms with van der Waals surface area (Å²) in [7, 11) is 1.83. The number of hydrogen-bond donors (Lipinski definition) is 3. The third-order valence-corrected chi connectivity index (χ3v) is 3.55. The molecule has 26 heavy (non-hydrogen) atoms. The number of ether oxygens (including phenoxy) is 1. The van der Waals surface area contributed by atoms with E-state index in [9.17, 15) is 9.90 Å². The first-order chi connectivity index (χ1) is 12.3. The number of hydrogen-bond acceptors (Lipinski definition) is 5. The Bertz CT molecular complexity index is 598. The van der Waals surface area contributed by atoms with Crippen LogP contribution in [0.3, 0.4) is 0 Å². The molecule has 1 aliphatic carbocycles. The van der Waals surface area contributed by atoms with Crippen molar-refractivity contribution in [2.75, 3.05) is 20.2 Å². The lowest BCUT2D eigenvalue weighted by molar-refractivity contribution is 0.0533. The average molecular weight is 361 g/mol. The Balaban J connectivity index is 2.67. The van der Waals surface area contributed by atoms with Gasteiger partial charge in [-0.25, -0.2) is 4.79 Å². The Kier molecular flexibility index (Phi) is 8.72. The van der Waals surface area contributed by atoms with Gasteiger partial charge in [0.05, 0.1) is 12.6 Å². The van der Waals surface area contributed by atoms with Gasteiger partial charge >= 0.3 is 6.09 Å². The summed E-state index contributed by atoms with van der Waals surface area (Å²) in [6.45, 7) is 9.58. The monoisotopic (exact) mass is 361 g/mol. The number of nitrogens with one attached hydrogen (secondary N) is 2. The number of amides is 1. The second-order valence-corrected chi connectivity index (χ2v) is 6.91. The second-order valence-electron chi connectivity index (χ2n) is 6.91. The fourth-order valence-corrected chi connectivity index (χ4v) is 2.25. The van der Waals surface area contributed by atoms with Gasteiger partial charge in [-0.1, -0.05) is 30.9 Å². The first-order valence-electron chi connectivity index (χ1n) is 8.68. The Morgan fingerprint density at radius 3 is 2.73 bits per heavy atom. The molecule has 0 aromatic rings. The summed E-state index contributed by atoms with van der Waals surface area (Å²) >= 11 is 0. The van der Waals surface area contributed by atoms with Crippen molar-refractivity contribution in [3.63, 3.8) is 0 Å². The molecule has 144 valence electrons. The third-order valence-electron chi connectivity index (χ3n) is 3.55. The van der Waals surface area contributed by atoms with Gasteiger partial charge in [0.15, 0.2) is 0 Å². The van der Waals surface area contributed by atoms with Crippen LogP contribution >= 0.6 is 0 Å². The molecule has 0 heterocycles. The Hall–Kier alpha value is -2.47. The molecule has 1 unspecified atom stereocenters. The average Bonchev–Trinajstić information content (AvgIpc) is 2.59. The van der Waals surface area contributed by atoms with Crippen LogP contribution in [0.15, 0.2) is 60.6 Å². The molecule has 0 radical (unpaired) electrons. The smallest absolute Gasteiger partial charge is 0.407 e. The van der Waals surface area contributed by atoms with Crippen LogP contribution in [0.2, 0.25) is 0 Å².